The molecule has 0 saturated heterocycles. The predicted molar refractivity (Wildman–Crippen MR) is 67.4 cm³/mol. The van der Waals surface area contributed by atoms with E-state index in [1.165, 1.54) is 29.7 Å². The fraction of sp³-hybridized carbons (Fsp3) is 0.538. The molecular weight excluding hydrogens is 202 g/mol. The van der Waals surface area contributed by atoms with Crippen LogP contribution < -0.4 is 5.32 Å². The molecule has 1 atom stereocenters. The summed E-state index contributed by atoms with van der Waals surface area (Å²) in [7, 11) is 2.07. The molecule has 2 heteroatoms. The first-order valence-corrected chi connectivity index (χ1v) is 6.67. The SMILES string of the molecule is CCc1ccsc1C(NC)C1=CCCC1. The third kappa shape index (κ3) is 2.16. The fourth-order valence-electron chi connectivity index (χ4n) is 2.34. The molecule has 0 radical (unpaired) electrons. The average Bonchev–Trinajstić information content (AvgIpc) is 2.89. The van der Waals surface area contributed by atoms with Crippen molar-refractivity contribution in [3.63, 3.8) is 0 Å². The number of nitrogens with one attached hydrogen (secondary N) is 1. The number of hydrogen-bond acceptors (Lipinski definition) is 2. The van der Waals surface area contributed by atoms with Gasteiger partial charge in [0.05, 0.1) is 6.04 Å². The van der Waals surface area contributed by atoms with E-state index in [1.54, 1.807) is 5.57 Å². The molecule has 0 aromatic carbocycles. The van der Waals surface area contributed by atoms with E-state index in [-0.39, 0.29) is 0 Å². The Balaban J connectivity index is 2.26. The van der Waals surface area contributed by atoms with Crippen molar-refractivity contribution in [1.82, 2.24) is 5.32 Å². The molecule has 0 saturated carbocycles. The Morgan fingerprint density at radius 3 is 3.00 bits per heavy atom. The van der Waals surface area contributed by atoms with Crippen LogP contribution >= 0.6 is 11.3 Å². The van der Waals surface area contributed by atoms with Gasteiger partial charge in [-0.25, -0.2) is 0 Å². The number of aryl methyl sites for hydroxylation is 1. The average molecular weight is 221 g/mol. The minimum Gasteiger partial charge on any atom is -0.309 e. The zero-order valence-corrected chi connectivity index (χ0v) is 10.4. The van der Waals surface area contributed by atoms with Crippen LogP contribution in [0.2, 0.25) is 0 Å². The Labute approximate surface area is 96.2 Å². The standard InChI is InChI=1S/C13H19NS/c1-3-10-8-9-15-13(10)12(14-2)11-6-4-5-7-11/h6,8-9,12,14H,3-5,7H2,1-2H3. The molecule has 0 fully saturated rings. The molecule has 0 aliphatic heterocycles. The summed E-state index contributed by atoms with van der Waals surface area (Å²) < 4.78 is 0. The second kappa shape index (κ2) is 4.95. The Bertz CT molecular complexity index is 351. The van der Waals surface area contributed by atoms with E-state index in [0.29, 0.717) is 6.04 Å². The molecule has 1 unspecified atom stereocenters. The van der Waals surface area contributed by atoms with Crippen molar-refractivity contribution in [2.45, 2.75) is 38.6 Å². The van der Waals surface area contributed by atoms with Gasteiger partial charge in [0.1, 0.15) is 0 Å². The van der Waals surface area contributed by atoms with E-state index in [0.717, 1.165) is 6.42 Å². The van der Waals surface area contributed by atoms with Gasteiger partial charge in [0.2, 0.25) is 0 Å². The highest BCUT2D eigenvalue weighted by atomic mass is 32.1. The van der Waals surface area contributed by atoms with Gasteiger partial charge in [-0.2, -0.15) is 0 Å². The molecule has 0 amide bonds. The smallest absolute Gasteiger partial charge is 0.0630 e. The second-order valence-corrected chi connectivity index (χ2v) is 5.00. The summed E-state index contributed by atoms with van der Waals surface area (Å²) in [5.41, 5.74) is 3.10. The van der Waals surface area contributed by atoms with Crippen LogP contribution in [0.1, 0.15) is 42.7 Å². The summed E-state index contributed by atoms with van der Waals surface area (Å²) in [4.78, 5) is 1.52. The molecule has 0 bridgehead atoms. The number of rotatable bonds is 4. The molecule has 0 spiro atoms. The number of allylic oxidation sites excluding steroid dienone is 1. The molecule has 1 heterocycles. The zero-order valence-electron chi connectivity index (χ0n) is 9.55. The molecule has 1 aliphatic carbocycles. The maximum Gasteiger partial charge on any atom is 0.0630 e. The van der Waals surface area contributed by atoms with Crippen LogP contribution in [0.4, 0.5) is 0 Å². The van der Waals surface area contributed by atoms with E-state index in [2.05, 4.69) is 36.8 Å². The zero-order chi connectivity index (χ0) is 10.7. The molecule has 1 aromatic heterocycles. The van der Waals surface area contributed by atoms with Gasteiger partial charge >= 0.3 is 0 Å². The van der Waals surface area contributed by atoms with Crippen LogP contribution in [0.25, 0.3) is 0 Å². The first kappa shape index (κ1) is 10.9. The topological polar surface area (TPSA) is 12.0 Å². The molecule has 15 heavy (non-hydrogen) atoms. The minimum atomic E-state index is 0.474. The number of hydrogen-bond donors (Lipinski definition) is 1. The normalized spacial score (nSPS) is 17.9. The van der Waals surface area contributed by atoms with Crippen LogP contribution in [0.5, 0.6) is 0 Å². The van der Waals surface area contributed by atoms with Crippen LogP contribution in [0.3, 0.4) is 0 Å². The van der Waals surface area contributed by atoms with Gasteiger partial charge in [0.15, 0.2) is 0 Å². The number of likely N-dealkylation sites (N-methyl/N-ethyl adjacent to an activating group) is 1. The first-order chi connectivity index (χ1) is 7.36. The lowest BCUT2D eigenvalue weighted by molar-refractivity contribution is 0.661. The van der Waals surface area contributed by atoms with Gasteiger partial charge in [-0.15, -0.1) is 11.3 Å². The highest BCUT2D eigenvalue weighted by Crippen LogP contribution is 2.35. The van der Waals surface area contributed by atoms with Crippen molar-refractivity contribution in [2.24, 2.45) is 0 Å². The summed E-state index contributed by atoms with van der Waals surface area (Å²) in [6.45, 7) is 2.24. The number of thiophene rings is 1. The predicted octanol–water partition coefficient (Wildman–Crippen LogP) is 3.68. The third-order valence-electron chi connectivity index (χ3n) is 3.16. The summed E-state index contributed by atoms with van der Waals surface area (Å²) in [5, 5.41) is 5.68. The fourth-order valence-corrected chi connectivity index (χ4v) is 3.48. The van der Waals surface area contributed by atoms with E-state index >= 15 is 0 Å². The second-order valence-electron chi connectivity index (χ2n) is 4.06. The maximum atomic E-state index is 3.46. The molecular formula is C13H19NS. The van der Waals surface area contributed by atoms with Crippen molar-refractivity contribution in [3.8, 4) is 0 Å². The Kier molecular flexibility index (Phi) is 3.60. The summed E-state index contributed by atoms with van der Waals surface area (Å²) >= 11 is 1.89. The lowest BCUT2D eigenvalue weighted by atomic mass is 10.0. The summed E-state index contributed by atoms with van der Waals surface area (Å²) in [6.07, 6.45) is 7.43. The molecule has 1 aromatic rings. The molecule has 1 nitrogen and oxygen atoms in total. The monoisotopic (exact) mass is 221 g/mol. The highest BCUT2D eigenvalue weighted by Gasteiger charge is 2.20. The van der Waals surface area contributed by atoms with Gasteiger partial charge in [-0.05, 0) is 49.7 Å². The lowest BCUT2D eigenvalue weighted by Gasteiger charge is -2.18. The largest absolute Gasteiger partial charge is 0.309 e. The van der Waals surface area contributed by atoms with Gasteiger partial charge < -0.3 is 5.32 Å². The van der Waals surface area contributed by atoms with Gasteiger partial charge in [-0.3, -0.25) is 0 Å². The van der Waals surface area contributed by atoms with Crippen molar-refractivity contribution >= 4 is 11.3 Å². The Hall–Kier alpha value is -0.600. The minimum absolute atomic E-state index is 0.474. The quantitative estimate of drug-likeness (QED) is 0.765. The van der Waals surface area contributed by atoms with Gasteiger partial charge in [-0.1, -0.05) is 18.6 Å². The molecule has 1 aliphatic rings. The van der Waals surface area contributed by atoms with Gasteiger partial charge in [0, 0.05) is 4.88 Å². The molecule has 2 rings (SSSR count). The maximum absolute atomic E-state index is 3.46. The van der Waals surface area contributed by atoms with Crippen LogP contribution in [0, 0.1) is 0 Å². The van der Waals surface area contributed by atoms with E-state index in [9.17, 15) is 0 Å². The van der Waals surface area contributed by atoms with Crippen LogP contribution in [0.15, 0.2) is 23.1 Å². The van der Waals surface area contributed by atoms with Crippen molar-refractivity contribution in [3.05, 3.63) is 33.5 Å². The van der Waals surface area contributed by atoms with Crippen LogP contribution in [-0.4, -0.2) is 7.05 Å². The molecule has 1 N–H and O–H groups in total. The Morgan fingerprint density at radius 2 is 2.40 bits per heavy atom. The Morgan fingerprint density at radius 1 is 1.53 bits per heavy atom. The lowest BCUT2D eigenvalue weighted by Crippen LogP contribution is -2.18. The van der Waals surface area contributed by atoms with Crippen molar-refractivity contribution in [2.75, 3.05) is 7.05 Å². The van der Waals surface area contributed by atoms with E-state index in [4.69, 9.17) is 0 Å². The summed E-state index contributed by atoms with van der Waals surface area (Å²) in [6, 6.07) is 2.74. The summed E-state index contributed by atoms with van der Waals surface area (Å²) in [5.74, 6) is 0. The van der Waals surface area contributed by atoms with Crippen molar-refractivity contribution in [1.29, 1.82) is 0 Å². The van der Waals surface area contributed by atoms with E-state index in [1.807, 2.05) is 11.3 Å². The highest BCUT2D eigenvalue weighted by molar-refractivity contribution is 7.10. The van der Waals surface area contributed by atoms with Crippen LogP contribution in [-0.2, 0) is 6.42 Å². The molecule has 82 valence electrons. The third-order valence-corrected chi connectivity index (χ3v) is 4.18. The van der Waals surface area contributed by atoms with Crippen molar-refractivity contribution < 1.29 is 0 Å². The first-order valence-electron chi connectivity index (χ1n) is 5.79. The van der Waals surface area contributed by atoms with E-state index < -0.39 is 0 Å². The van der Waals surface area contributed by atoms with Gasteiger partial charge in [0.25, 0.3) is 0 Å².